The highest BCUT2D eigenvalue weighted by molar-refractivity contribution is 5.91. The van der Waals surface area contributed by atoms with E-state index in [4.69, 9.17) is 5.11 Å². The van der Waals surface area contributed by atoms with E-state index in [1.807, 2.05) is 38.1 Å². The maximum absolute atomic E-state index is 12.1. The van der Waals surface area contributed by atoms with Gasteiger partial charge in [0.1, 0.15) is 0 Å². The monoisotopic (exact) mass is 278 g/mol. The number of carbonyl (C=O) groups is 2. The summed E-state index contributed by atoms with van der Waals surface area (Å²) in [5, 5.41) is 11.6. The first-order valence-electron chi connectivity index (χ1n) is 6.76. The smallest absolute Gasteiger partial charge is 0.321 e. The van der Waals surface area contributed by atoms with Crippen molar-refractivity contribution in [2.75, 3.05) is 11.9 Å². The van der Waals surface area contributed by atoms with Crippen molar-refractivity contribution >= 4 is 17.7 Å². The predicted molar refractivity (Wildman–Crippen MR) is 79.1 cm³/mol. The Kier molecular flexibility index (Phi) is 6.03. The summed E-state index contributed by atoms with van der Waals surface area (Å²) in [6, 6.07) is 6.98. The van der Waals surface area contributed by atoms with E-state index in [1.165, 1.54) is 4.90 Å². The van der Waals surface area contributed by atoms with Gasteiger partial charge in [0, 0.05) is 18.8 Å². The average Bonchev–Trinajstić information content (AvgIpc) is 2.37. The Morgan fingerprint density at radius 3 is 2.65 bits per heavy atom. The van der Waals surface area contributed by atoms with Gasteiger partial charge in [-0.1, -0.05) is 25.5 Å². The summed E-state index contributed by atoms with van der Waals surface area (Å²) in [5.74, 6) is -0.901. The van der Waals surface area contributed by atoms with Crippen LogP contribution >= 0.6 is 0 Å². The first-order valence-corrected chi connectivity index (χ1v) is 6.76. The van der Waals surface area contributed by atoms with Gasteiger partial charge in [-0.05, 0) is 31.0 Å². The van der Waals surface area contributed by atoms with E-state index in [9.17, 15) is 9.59 Å². The Hall–Kier alpha value is -2.04. The molecule has 0 saturated carbocycles. The van der Waals surface area contributed by atoms with E-state index in [-0.39, 0.29) is 18.5 Å². The molecule has 2 N–H and O–H groups in total. The molecule has 0 spiro atoms. The van der Waals surface area contributed by atoms with Crippen molar-refractivity contribution in [3.63, 3.8) is 0 Å². The largest absolute Gasteiger partial charge is 0.481 e. The lowest BCUT2D eigenvalue weighted by Gasteiger charge is -2.23. The van der Waals surface area contributed by atoms with E-state index >= 15 is 0 Å². The van der Waals surface area contributed by atoms with Gasteiger partial charge in [0.15, 0.2) is 0 Å². The van der Waals surface area contributed by atoms with Crippen molar-refractivity contribution in [2.45, 2.75) is 39.2 Å². The Bertz CT molecular complexity index is 474. The SMILES string of the molecule is CCCC(CC(=O)O)NC(=O)N(C)c1cccc(C)c1. The predicted octanol–water partition coefficient (Wildman–Crippen LogP) is 2.78. The number of anilines is 1. The van der Waals surface area contributed by atoms with Crippen LogP contribution < -0.4 is 10.2 Å². The molecule has 0 aliphatic rings. The minimum absolute atomic E-state index is 0.0543. The fourth-order valence-electron chi connectivity index (χ4n) is 2.01. The van der Waals surface area contributed by atoms with Gasteiger partial charge < -0.3 is 10.4 Å². The Balaban J connectivity index is 2.70. The number of hydrogen-bond acceptors (Lipinski definition) is 2. The molecule has 1 rings (SSSR count). The number of nitrogens with zero attached hydrogens (tertiary/aromatic N) is 1. The van der Waals surface area contributed by atoms with Crippen molar-refractivity contribution in [1.82, 2.24) is 5.32 Å². The van der Waals surface area contributed by atoms with Gasteiger partial charge in [-0.15, -0.1) is 0 Å². The maximum Gasteiger partial charge on any atom is 0.321 e. The molecule has 0 aliphatic carbocycles. The lowest BCUT2D eigenvalue weighted by Crippen LogP contribution is -2.44. The molecule has 1 unspecified atom stereocenters. The summed E-state index contributed by atoms with van der Waals surface area (Å²) in [6.45, 7) is 3.92. The Morgan fingerprint density at radius 2 is 2.10 bits per heavy atom. The van der Waals surface area contributed by atoms with E-state index in [2.05, 4.69) is 5.32 Å². The van der Waals surface area contributed by atoms with Gasteiger partial charge in [-0.3, -0.25) is 9.69 Å². The van der Waals surface area contributed by atoms with Gasteiger partial charge in [-0.25, -0.2) is 4.79 Å². The zero-order valence-corrected chi connectivity index (χ0v) is 12.2. The molecule has 20 heavy (non-hydrogen) atoms. The van der Waals surface area contributed by atoms with E-state index in [1.54, 1.807) is 7.05 Å². The summed E-state index contributed by atoms with van der Waals surface area (Å²) < 4.78 is 0. The second-order valence-corrected chi connectivity index (χ2v) is 4.93. The molecule has 5 nitrogen and oxygen atoms in total. The molecule has 5 heteroatoms. The standard InChI is InChI=1S/C15H22N2O3/c1-4-6-12(10-14(18)19)16-15(20)17(3)13-8-5-7-11(2)9-13/h5,7-9,12H,4,6,10H2,1-3H3,(H,16,20)(H,18,19). The molecule has 0 aliphatic heterocycles. The number of urea groups is 1. The lowest BCUT2D eigenvalue weighted by atomic mass is 10.1. The summed E-state index contributed by atoms with van der Waals surface area (Å²) in [6.07, 6.45) is 1.42. The van der Waals surface area contributed by atoms with Crippen LogP contribution in [-0.4, -0.2) is 30.2 Å². The number of amides is 2. The molecular formula is C15H22N2O3. The number of rotatable bonds is 6. The summed E-state index contributed by atoms with van der Waals surface area (Å²) in [4.78, 5) is 24.4. The number of aryl methyl sites for hydroxylation is 1. The third-order valence-corrected chi connectivity index (χ3v) is 3.08. The third kappa shape index (κ3) is 4.91. The van der Waals surface area contributed by atoms with Gasteiger partial charge in [-0.2, -0.15) is 0 Å². The molecule has 1 aromatic rings. The van der Waals surface area contributed by atoms with Crippen molar-refractivity contribution < 1.29 is 14.7 Å². The number of hydrogen-bond donors (Lipinski definition) is 2. The van der Waals surface area contributed by atoms with Crippen molar-refractivity contribution in [2.24, 2.45) is 0 Å². The third-order valence-electron chi connectivity index (χ3n) is 3.08. The van der Waals surface area contributed by atoms with Crippen LogP contribution in [0.25, 0.3) is 0 Å². The lowest BCUT2D eigenvalue weighted by molar-refractivity contribution is -0.137. The molecule has 1 atom stereocenters. The van der Waals surface area contributed by atoms with Crippen LogP contribution in [0, 0.1) is 6.92 Å². The molecule has 2 amide bonds. The minimum atomic E-state index is -0.901. The zero-order valence-electron chi connectivity index (χ0n) is 12.2. The number of carbonyl (C=O) groups excluding carboxylic acids is 1. The van der Waals surface area contributed by atoms with Crippen LogP contribution in [-0.2, 0) is 4.79 Å². The highest BCUT2D eigenvalue weighted by atomic mass is 16.4. The van der Waals surface area contributed by atoms with Gasteiger partial charge in [0.25, 0.3) is 0 Å². The fraction of sp³-hybridized carbons (Fsp3) is 0.467. The summed E-state index contributed by atoms with van der Waals surface area (Å²) in [7, 11) is 1.67. The highest BCUT2D eigenvalue weighted by Crippen LogP contribution is 2.14. The number of carboxylic acid groups (broad SMARTS) is 1. The molecular weight excluding hydrogens is 256 g/mol. The van der Waals surface area contributed by atoms with Gasteiger partial charge in [0.05, 0.1) is 6.42 Å². The van der Waals surface area contributed by atoms with Crippen molar-refractivity contribution in [3.05, 3.63) is 29.8 Å². The highest BCUT2D eigenvalue weighted by Gasteiger charge is 2.18. The molecule has 0 aromatic heterocycles. The van der Waals surface area contributed by atoms with E-state index in [0.717, 1.165) is 17.7 Å². The Labute approximate surface area is 119 Å². The fourth-order valence-corrected chi connectivity index (χ4v) is 2.01. The van der Waals surface area contributed by atoms with Gasteiger partial charge >= 0.3 is 12.0 Å². The van der Waals surface area contributed by atoms with E-state index < -0.39 is 5.97 Å². The topological polar surface area (TPSA) is 69.6 Å². The summed E-state index contributed by atoms with van der Waals surface area (Å²) in [5.41, 5.74) is 1.85. The number of carboxylic acids is 1. The molecule has 0 radical (unpaired) electrons. The number of aliphatic carboxylic acids is 1. The van der Waals surface area contributed by atoms with Crippen LogP contribution in [0.3, 0.4) is 0 Å². The van der Waals surface area contributed by atoms with Gasteiger partial charge in [0.2, 0.25) is 0 Å². The maximum atomic E-state index is 12.1. The van der Waals surface area contributed by atoms with Crippen LogP contribution in [0.2, 0.25) is 0 Å². The normalized spacial score (nSPS) is 11.8. The first kappa shape index (κ1) is 16.0. The average molecular weight is 278 g/mol. The van der Waals surface area contributed by atoms with Crippen molar-refractivity contribution in [1.29, 1.82) is 0 Å². The second-order valence-electron chi connectivity index (χ2n) is 4.93. The number of benzene rings is 1. The zero-order chi connectivity index (χ0) is 15.1. The Morgan fingerprint density at radius 1 is 1.40 bits per heavy atom. The quantitative estimate of drug-likeness (QED) is 0.840. The molecule has 110 valence electrons. The number of nitrogens with one attached hydrogen (secondary N) is 1. The minimum Gasteiger partial charge on any atom is -0.481 e. The van der Waals surface area contributed by atoms with E-state index in [0.29, 0.717) is 6.42 Å². The van der Waals surface area contributed by atoms with Crippen LogP contribution in [0.4, 0.5) is 10.5 Å². The molecule has 0 fully saturated rings. The van der Waals surface area contributed by atoms with Crippen molar-refractivity contribution in [3.8, 4) is 0 Å². The van der Waals surface area contributed by atoms with Crippen LogP contribution in [0.5, 0.6) is 0 Å². The molecule has 0 bridgehead atoms. The second kappa shape index (κ2) is 7.53. The summed E-state index contributed by atoms with van der Waals surface area (Å²) >= 11 is 0. The molecule has 1 aromatic carbocycles. The molecule has 0 saturated heterocycles. The van der Waals surface area contributed by atoms with Crippen LogP contribution in [0.1, 0.15) is 31.7 Å². The van der Waals surface area contributed by atoms with Crippen LogP contribution in [0.15, 0.2) is 24.3 Å². The first-order chi connectivity index (χ1) is 9.43. The molecule has 0 heterocycles.